The number of nitrogens with one attached hydrogen (secondary N) is 1. The molecule has 1 aliphatic heterocycles. The van der Waals surface area contributed by atoms with E-state index in [1.807, 2.05) is 0 Å². The molecular weight excluding hydrogens is 425 g/mol. The summed E-state index contributed by atoms with van der Waals surface area (Å²) in [5.41, 5.74) is 4.47. The van der Waals surface area contributed by atoms with Gasteiger partial charge in [-0.3, -0.25) is 0 Å². The molecule has 2 aliphatic carbocycles. The number of anilines is 1. The van der Waals surface area contributed by atoms with Gasteiger partial charge >= 0.3 is 6.03 Å². The molecule has 166 valence electrons. The third-order valence-electron chi connectivity index (χ3n) is 6.00. The first kappa shape index (κ1) is 20.4. The molecule has 2 amide bonds. The number of amides is 2. The monoisotopic (exact) mass is 449 g/mol. The molecule has 11 heteroatoms. The average molecular weight is 450 g/mol. The minimum atomic E-state index is -3.60. The van der Waals surface area contributed by atoms with Crippen LogP contribution in [0.4, 0.5) is 14.9 Å². The lowest BCUT2D eigenvalue weighted by molar-refractivity contribution is 0.0920. The number of nitrogens with zero attached hydrogens (tertiary/aromatic N) is 3. The van der Waals surface area contributed by atoms with Crippen LogP contribution in [0.5, 0.6) is 5.88 Å². The molecule has 2 heterocycles. The lowest BCUT2D eigenvalue weighted by atomic mass is 9.99. The molecule has 0 saturated carbocycles. The number of rotatable bonds is 4. The highest BCUT2D eigenvalue weighted by Crippen LogP contribution is 2.39. The third-order valence-corrected chi connectivity index (χ3v) is 7.35. The van der Waals surface area contributed by atoms with Crippen LogP contribution < -0.4 is 15.2 Å². The third kappa shape index (κ3) is 3.60. The topological polar surface area (TPSA) is 121 Å². The number of fused-ring (bicyclic) bond motifs is 3. The SMILES string of the molecule is COC[C@@H]1Cn2ncc([S@](N)(=O)=NC(=O)Nc3c4c(cc5c3C[C@H](F)C5)CCC4)c2O1. The summed E-state index contributed by atoms with van der Waals surface area (Å²) < 4.78 is 43.3. The average Bonchev–Trinajstić information content (AvgIpc) is 3.43. The van der Waals surface area contributed by atoms with Crippen LogP contribution in [-0.2, 0) is 46.9 Å². The molecule has 0 unspecified atom stereocenters. The van der Waals surface area contributed by atoms with Gasteiger partial charge in [0.05, 0.1) is 19.3 Å². The minimum absolute atomic E-state index is 0.0635. The number of aryl methyl sites for hydroxylation is 1. The molecule has 9 nitrogen and oxygen atoms in total. The second kappa shape index (κ2) is 7.57. The fourth-order valence-corrected chi connectivity index (χ4v) is 5.71. The Labute approximate surface area is 179 Å². The molecule has 3 N–H and O–H groups in total. The molecule has 1 aromatic carbocycles. The van der Waals surface area contributed by atoms with Crippen LogP contribution in [0.15, 0.2) is 21.5 Å². The zero-order valence-corrected chi connectivity index (χ0v) is 17.9. The number of halogens is 1. The number of alkyl halides is 1. The summed E-state index contributed by atoms with van der Waals surface area (Å²) in [4.78, 5) is 12.8. The molecule has 3 atom stereocenters. The number of aromatic nitrogens is 2. The second-order valence-corrected chi connectivity index (χ2v) is 9.93. The lowest BCUT2D eigenvalue weighted by Gasteiger charge is -2.15. The van der Waals surface area contributed by atoms with Crippen molar-refractivity contribution in [1.82, 2.24) is 9.78 Å². The number of carbonyl (C=O) groups is 1. The Kier molecular flexibility index (Phi) is 4.98. The maximum atomic E-state index is 14.1. The number of benzene rings is 1. The number of methoxy groups -OCH3 is 1. The number of carbonyl (C=O) groups excluding carboxylic acids is 1. The van der Waals surface area contributed by atoms with Gasteiger partial charge in [0.25, 0.3) is 0 Å². The van der Waals surface area contributed by atoms with Crippen molar-refractivity contribution in [3.63, 3.8) is 0 Å². The highest BCUT2D eigenvalue weighted by molar-refractivity contribution is 7.91. The Morgan fingerprint density at radius 1 is 1.42 bits per heavy atom. The van der Waals surface area contributed by atoms with Crippen molar-refractivity contribution in [2.75, 3.05) is 19.0 Å². The summed E-state index contributed by atoms with van der Waals surface area (Å²) in [6, 6.07) is 1.23. The largest absolute Gasteiger partial charge is 0.469 e. The van der Waals surface area contributed by atoms with E-state index < -0.39 is 22.1 Å². The molecule has 1 aromatic heterocycles. The predicted molar refractivity (Wildman–Crippen MR) is 111 cm³/mol. The van der Waals surface area contributed by atoms with Crippen LogP contribution in [0.2, 0.25) is 0 Å². The normalized spacial score (nSPS) is 22.9. The predicted octanol–water partition coefficient (Wildman–Crippen LogP) is 2.15. The van der Waals surface area contributed by atoms with Crippen molar-refractivity contribution in [3.05, 3.63) is 34.5 Å². The Hall–Kier alpha value is -2.50. The summed E-state index contributed by atoms with van der Waals surface area (Å²) in [6.45, 7) is 0.767. The molecule has 5 rings (SSSR count). The van der Waals surface area contributed by atoms with Gasteiger partial charge in [-0.15, -0.1) is 4.36 Å². The van der Waals surface area contributed by atoms with Crippen molar-refractivity contribution in [1.29, 1.82) is 0 Å². The summed E-state index contributed by atoms with van der Waals surface area (Å²) >= 11 is 0. The number of hydrogen-bond acceptors (Lipinski definition) is 5. The van der Waals surface area contributed by atoms with E-state index in [-0.39, 0.29) is 23.3 Å². The Balaban J connectivity index is 1.44. The van der Waals surface area contributed by atoms with Crippen LogP contribution >= 0.6 is 0 Å². The first-order valence-corrected chi connectivity index (χ1v) is 11.8. The molecule has 0 radical (unpaired) electrons. The van der Waals surface area contributed by atoms with Crippen molar-refractivity contribution >= 4 is 21.6 Å². The molecule has 0 fully saturated rings. The number of ether oxygens (including phenoxy) is 2. The number of nitrogens with two attached hydrogens (primary N) is 1. The van der Waals surface area contributed by atoms with Gasteiger partial charge in [0.15, 0.2) is 9.92 Å². The molecule has 3 aliphatic rings. The van der Waals surface area contributed by atoms with Gasteiger partial charge in [-0.05, 0) is 41.5 Å². The van der Waals surface area contributed by atoms with Gasteiger partial charge in [-0.1, -0.05) is 6.07 Å². The highest BCUT2D eigenvalue weighted by atomic mass is 32.2. The smallest absolute Gasteiger partial charge is 0.354 e. The van der Waals surface area contributed by atoms with E-state index in [9.17, 15) is 13.4 Å². The van der Waals surface area contributed by atoms with Gasteiger partial charge < -0.3 is 14.8 Å². The molecule has 31 heavy (non-hydrogen) atoms. The van der Waals surface area contributed by atoms with Crippen LogP contribution in [0, 0.1) is 0 Å². The summed E-state index contributed by atoms with van der Waals surface area (Å²) in [7, 11) is -2.04. The van der Waals surface area contributed by atoms with Gasteiger partial charge in [0.1, 0.15) is 17.2 Å². The zero-order chi connectivity index (χ0) is 21.8. The standard InChI is InChI=1S/C20H24FN5O4S/c1-29-10-14-9-26-19(30-14)17(8-23-26)31(22,28)25-20(27)24-18-15-4-2-3-11(15)5-12-6-13(21)7-16(12)18/h5,8,13-14H,2-4,6-7,9-10H2,1H3,(H3,22,24,25,27,28)/t13-,14+,31-/m1/s1. The summed E-state index contributed by atoms with van der Waals surface area (Å²) in [5, 5.41) is 12.8. The fourth-order valence-electron chi connectivity index (χ4n) is 4.72. The molecule has 0 bridgehead atoms. The van der Waals surface area contributed by atoms with E-state index in [2.05, 4.69) is 20.8 Å². The molecule has 0 spiro atoms. The van der Waals surface area contributed by atoms with Gasteiger partial charge in [0.2, 0.25) is 5.88 Å². The van der Waals surface area contributed by atoms with E-state index in [1.54, 1.807) is 7.11 Å². The van der Waals surface area contributed by atoms with E-state index in [0.717, 1.165) is 41.5 Å². The van der Waals surface area contributed by atoms with Crippen LogP contribution in [-0.4, -0.2) is 46.0 Å². The van der Waals surface area contributed by atoms with E-state index >= 15 is 0 Å². The maximum absolute atomic E-state index is 14.1. The lowest BCUT2D eigenvalue weighted by Crippen LogP contribution is -2.22. The van der Waals surface area contributed by atoms with Gasteiger partial charge in [-0.2, -0.15) is 5.10 Å². The molecule has 2 aromatic rings. The van der Waals surface area contributed by atoms with Crippen molar-refractivity contribution in [2.45, 2.75) is 55.8 Å². The van der Waals surface area contributed by atoms with Gasteiger partial charge in [0, 0.05) is 25.6 Å². The first-order chi connectivity index (χ1) is 14.9. The van der Waals surface area contributed by atoms with Crippen LogP contribution in [0.1, 0.15) is 28.7 Å². The zero-order valence-electron chi connectivity index (χ0n) is 17.1. The summed E-state index contributed by atoms with van der Waals surface area (Å²) in [6.07, 6.45) is 3.35. The second-order valence-electron chi connectivity index (χ2n) is 8.17. The van der Waals surface area contributed by atoms with E-state index in [1.165, 1.54) is 10.9 Å². The Morgan fingerprint density at radius 3 is 3.06 bits per heavy atom. The van der Waals surface area contributed by atoms with Crippen molar-refractivity contribution < 1.29 is 22.9 Å². The quantitative estimate of drug-likeness (QED) is 0.741. The number of urea groups is 1. The van der Waals surface area contributed by atoms with Crippen LogP contribution in [0.25, 0.3) is 0 Å². The van der Waals surface area contributed by atoms with E-state index in [0.29, 0.717) is 25.3 Å². The Morgan fingerprint density at radius 2 is 2.26 bits per heavy atom. The minimum Gasteiger partial charge on any atom is -0.469 e. The van der Waals surface area contributed by atoms with E-state index in [4.69, 9.17) is 14.6 Å². The Bertz CT molecular complexity index is 1190. The first-order valence-electron chi connectivity index (χ1n) is 10.2. The maximum Gasteiger partial charge on any atom is 0.354 e. The molecule has 0 saturated heterocycles. The van der Waals surface area contributed by atoms with Gasteiger partial charge in [-0.25, -0.2) is 23.2 Å². The highest BCUT2D eigenvalue weighted by Gasteiger charge is 2.32. The van der Waals surface area contributed by atoms with Crippen LogP contribution in [0.3, 0.4) is 0 Å². The summed E-state index contributed by atoms with van der Waals surface area (Å²) in [5.74, 6) is 0.230. The van der Waals surface area contributed by atoms with Crippen molar-refractivity contribution in [2.24, 2.45) is 9.50 Å². The van der Waals surface area contributed by atoms with Crippen molar-refractivity contribution in [3.8, 4) is 5.88 Å². The molecular formula is C20H24FN5O4S. The number of hydrogen-bond donors (Lipinski definition) is 2. The fraction of sp³-hybridized carbons (Fsp3) is 0.500.